The molecule has 4 heteroatoms. The summed E-state index contributed by atoms with van der Waals surface area (Å²) in [5.74, 6) is 1.43. The lowest BCUT2D eigenvalue weighted by Gasteiger charge is -2.01. The van der Waals surface area contributed by atoms with Gasteiger partial charge < -0.3 is 9.52 Å². The lowest BCUT2D eigenvalue weighted by molar-refractivity contribution is 0.475. The highest BCUT2D eigenvalue weighted by atomic mass is 16.4. The van der Waals surface area contributed by atoms with Gasteiger partial charge in [0.05, 0.1) is 0 Å². The zero-order valence-electron chi connectivity index (χ0n) is 14.4. The number of unbranched alkanes of at least 4 members (excludes halogenated alkanes) is 4. The van der Waals surface area contributed by atoms with Gasteiger partial charge in [0.25, 0.3) is 0 Å². The van der Waals surface area contributed by atoms with Gasteiger partial charge in [-0.15, -0.1) is 10.2 Å². The van der Waals surface area contributed by atoms with Crippen molar-refractivity contribution in [1.29, 1.82) is 0 Å². The highest BCUT2D eigenvalue weighted by molar-refractivity contribution is 5.53. The van der Waals surface area contributed by atoms with E-state index in [2.05, 4.69) is 40.5 Å². The fourth-order valence-electron chi connectivity index (χ4n) is 2.86. The fraction of sp³-hybridized carbons (Fsp3) is 0.333. The van der Waals surface area contributed by atoms with Crippen molar-refractivity contribution in [2.24, 2.45) is 0 Å². The first kappa shape index (κ1) is 17.2. The van der Waals surface area contributed by atoms with Crippen molar-refractivity contribution in [3.8, 4) is 17.2 Å². The van der Waals surface area contributed by atoms with Gasteiger partial charge in [0.2, 0.25) is 11.8 Å². The highest BCUT2D eigenvalue weighted by Crippen LogP contribution is 2.21. The van der Waals surface area contributed by atoms with Crippen molar-refractivity contribution in [1.82, 2.24) is 10.2 Å². The van der Waals surface area contributed by atoms with Crippen LogP contribution in [0.1, 0.15) is 43.6 Å². The third-order valence-electron chi connectivity index (χ3n) is 4.28. The molecule has 0 fully saturated rings. The molecule has 25 heavy (non-hydrogen) atoms. The molecule has 4 nitrogen and oxygen atoms in total. The van der Waals surface area contributed by atoms with Crippen molar-refractivity contribution >= 4 is 0 Å². The maximum atomic E-state index is 9.31. The van der Waals surface area contributed by atoms with Crippen LogP contribution >= 0.6 is 0 Å². The zero-order valence-corrected chi connectivity index (χ0v) is 14.4. The molecule has 0 bridgehead atoms. The Labute approximate surface area is 148 Å². The maximum absolute atomic E-state index is 9.31. The van der Waals surface area contributed by atoms with Gasteiger partial charge in [0.1, 0.15) is 5.75 Å². The largest absolute Gasteiger partial charge is 0.508 e. The number of aromatic nitrogens is 2. The summed E-state index contributed by atoms with van der Waals surface area (Å²) in [6, 6.07) is 17.5. The average molecular weight is 336 g/mol. The van der Waals surface area contributed by atoms with Crippen LogP contribution in [0.5, 0.6) is 5.75 Å². The van der Waals surface area contributed by atoms with Gasteiger partial charge in [-0.3, -0.25) is 0 Å². The van der Waals surface area contributed by atoms with Crippen molar-refractivity contribution in [2.45, 2.75) is 44.9 Å². The average Bonchev–Trinajstić information content (AvgIpc) is 3.11. The normalized spacial score (nSPS) is 10.9. The summed E-state index contributed by atoms with van der Waals surface area (Å²) in [6.07, 6.45) is 8.00. The number of aromatic hydroxyl groups is 1. The lowest BCUT2D eigenvalue weighted by atomic mass is 10.1. The van der Waals surface area contributed by atoms with Crippen LogP contribution in [0.2, 0.25) is 0 Å². The fourth-order valence-corrected chi connectivity index (χ4v) is 2.86. The minimum absolute atomic E-state index is 0.232. The van der Waals surface area contributed by atoms with E-state index in [0.717, 1.165) is 18.4 Å². The van der Waals surface area contributed by atoms with Crippen molar-refractivity contribution < 1.29 is 9.52 Å². The minimum atomic E-state index is 0.232. The molecule has 0 radical (unpaired) electrons. The molecule has 0 saturated heterocycles. The molecular formula is C21H24N2O2. The zero-order chi connectivity index (χ0) is 17.3. The molecule has 3 aromatic rings. The van der Waals surface area contributed by atoms with Crippen LogP contribution in [0.3, 0.4) is 0 Å². The molecule has 0 saturated carbocycles. The third-order valence-corrected chi connectivity index (χ3v) is 4.28. The predicted molar refractivity (Wildman–Crippen MR) is 98.3 cm³/mol. The van der Waals surface area contributed by atoms with Crippen LogP contribution in [0.15, 0.2) is 59.0 Å². The van der Waals surface area contributed by atoms with Gasteiger partial charge >= 0.3 is 0 Å². The van der Waals surface area contributed by atoms with E-state index in [-0.39, 0.29) is 5.75 Å². The second kappa shape index (κ2) is 9.02. The molecule has 2 aromatic carbocycles. The van der Waals surface area contributed by atoms with E-state index in [9.17, 15) is 5.11 Å². The van der Waals surface area contributed by atoms with E-state index < -0.39 is 0 Å². The number of nitrogens with zero attached hydrogens (tertiary/aromatic N) is 2. The Bertz CT molecular complexity index is 751. The standard InChI is InChI=1S/C21H24N2O2/c24-19-15-13-18(14-16-19)21-23-22-20(25-21)12-8-3-1-2-5-9-17-10-6-4-7-11-17/h4,6-7,10-11,13-16,24H,1-3,5,8-9,12H2. The Morgan fingerprint density at radius 3 is 2.16 bits per heavy atom. The molecule has 0 aliphatic carbocycles. The summed E-state index contributed by atoms with van der Waals surface area (Å²) in [7, 11) is 0. The number of benzene rings is 2. The molecule has 130 valence electrons. The number of aryl methyl sites for hydroxylation is 2. The number of hydrogen-bond donors (Lipinski definition) is 1. The van der Waals surface area contributed by atoms with Crippen LogP contribution in [0.4, 0.5) is 0 Å². The second-order valence-electron chi connectivity index (χ2n) is 6.30. The second-order valence-corrected chi connectivity index (χ2v) is 6.30. The number of phenolic OH excluding ortho intramolecular Hbond substituents is 1. The van der Waals surface area contributed by atoms with Gasteiger partial charge in [-0.1, -0.05) is 49.6 Å². The molecule has 0 atom stereocenters. The van der Waals surface area contributed by atoms with E-state index in [1.54, 1.807) is 24.3 Å². The van der Waals surface area contributed by atoms with Gasteiger partial charge in [-0.2, -0.15) is 0 Å². The van der Waals surface area contributed by atoms with Crippen LogP contribution in [-0.4, -0.2) is 15.3 Å². The van der Waals surface area contributed by atoms with Crippen LogP contribution < -0.4 is 0 Å². The Balaban J connectivity index is 1.32. The number of rotatable bonds is 9. The monoisotopic (exact) mass is 336 g/mol. The summed E-state index contributed by atoms with van der Waals surface area (Å²) in [4.78, 5) is 0. The van der Waals surface area contributed by atoms with E-state index in [1.165, 1.54) is 37.7 Å². The predicted octanol–water partition coefficient (Wildman–Crippen LogP) is 5.18. The summed E-state index contributed by atoms with van der Waals surface area (Å²) in [6.45, 7) is 0. The molecule has 0 aliphatic rings. The summed E-state index contributed by atoms with van der Waals surface area (Å²) in [5.41, 5.74) is 2.26. The highest BCUT2D eigenvalue weighted by Gasteiger charge is 2.08. The molecular weight excluding hydrogens is 312 g/mol. The van der Waals surface area contributed by atoms with E-state index in [1.807, 2.05) is 0 Å². The summed E-state index contributed by atoms with van der Waals surface area (Å²) in [5, 5.41) is 17.5. The molecule has 0 unspecified atom stereocenters. The Kier molecular flexibility index (Phi) is 6.21. The van der Waals surface area contributed by atoms with E-state index >= 15 is 0 Å². The van der Waals surface area contributed by atoms with E-state index in [4.69, 9.17) is 4.42 Å². The Morgan fingerprint density at radius 2 is 1.40 bits per heavy atom. The van der Waals surface area contributed by atoms with Crippen molar-refractivity contribution in [2.75, 3.05) is 0 Å². The first-order valence-electron chi connectivity index (χ1n) is 8.97. The Hall–Kier alpha value is -2.62. The van der Waals surface area contributed by atoms with Crippen LogP contribution in [0, 0.1) is 0 Å². The van der Waals surface area contributed by atoms with Crippen LogP contribution in [0.25, 0.3) is 11.5 Å². The molecule has 3 rings (SSSR count). The first-order valence-corrected chi connectivity index (χ1v) is 8.97. The Morgan fingerprint density at radius 1 is 0.720 bits per heavy atom. The lowest BCUT2D eigenvalue weighted by Crippen LogP contribution is -1.88. The minimum Gasteiger partial charge on any atom is -0.508 e. The molecule has 1 N–H and O–H groups in total. The number of hydrogen-bond acceptors (Lipinski definition) is 4. The molecule has 0 aliphatic heterocycles. The smallest absolute Gasteiger partial charge is 0.247 e. The quantitative estimate of drug-likeness (QED) is 0.547. The van der Waals surface area contributed by atoms with Crippen molar-refractivity contribution in [3.63, 3.8) is 0 Å². The molecule has 1 heterocycles. The summed E-state index contributed by atoms with van der Waals surface area (Å²) >= 11 is 0. The molecule has 1 aromatic heterocycles. The SMILES string of the molecule is Oc1ccc(-c2nnc(CCCCCCCc3ccccc3)o2)cc1. The third kappa shape index (κ3) is 5.45. The topological polar surface area (TPSA) is 59.2 Å². The van der Waals surface area contributed by atoms with E-state index in [0.29, 0.717) is 11.8 Å². The van der Waals surface area contributed by atoms with Gasteiger partial charge in [0, 0.05) is 12.0 Å². The van der Waals surface area contributed by atoms with Gasteiger partial charge in [-0.05, 0) is 49.1 Å². The van der Waals surface area contributed by atoms with Gasteiger partial charge in [0.15, 0.2) is 0 Å². The van der Waals surface area contributed by atoms with Gasteiger partial charge in [-0.25, -0.2) is 0 Å². The molecule has 0 spiro atoms. The summed E-state index contributed by atoms with van der Waals surface area (Å²) < 4.78 is 5.69. The molecule has 0 amide bonds. The van der Waals surface area contributed by atoms with Crippen LogP contribution in [-0.2, 0) is 12.8 Å². The van der Waals surface area contributed by atoms with Crippen molar-refractivity contribution in [3.05, 3.63) is 66.1 Å². The first-order chi connectivity index (χ1) is 12.3. The number of phenols is 1. The maximum Gasteiger partial charge on any atom is 0.247 e.